The van der Waals surface area contributed by atoms with Gasteiger partial charge in [0.05, 0.1) is 30.6 Å². The highest BCUT2D eigenvalue weighted by molar-refractivity contribution is 5.79. The maximum absolute atomic E-state index is 13.9. The number of oxazole rings is 1. The van der Waals surface area contributed by atoms with Gasteiger partial charge >= 0.3 is 6.09 Å². The highest BCUT2D eigenvalue weighted by Crippen LogP contribution is 2.43. The monoisotopic (exact) mass is 658 g/mol. The van der Waals surface area contributed by atoms with Crippen LogP contribution < -0.4 is 15.4 Å². The van der Waals surface area contributed by atoms with Gasteiger partial charge in [-0.2, -0.15) is 0 Å². The normalized spacial score (nSPS) is 23.6. The molecule has 3 aliphatic carbocycles. The van der Waals surface area contributed by atoms with E-state index in [1.54, 1.807) is 27.2 Å². The molecular weight excluding hydrogens is 608 g/mol. The Hall–Kier alpha value is -3.92. The van der Waals surface area contributed by atoms with Crippen LogP contribution in [-0.4, -0.2) is 52.4 Å². The zero-order chi connectivity index (χ0) is 33.8. The van der Waals surface area contributed by atoms with Crippen LogP contribution in [0.2, 0.25) is 0 Å². The van der Waals surface area contributed by atoms with Gasteiger partial charge in [-0.1, -0.05) is 12.1 Å². The number of carbonyl (C=O) groups excluding carboxylic acids is 2. The number of nitrogens with zero attached hydrogens (tertiary/aromatic N) is 2. The lowest BCUT2D eigenvalue weighted by molar-refractivity contribution is -0.127. The predicted octanol–water partition coefficient (Wildman–Crippen LogP) is 7.12. The first kappa shape index (κ1) is 34.0. The molecule has 10 nitrogen and oxygen atoms in total. The Morgan fingerprint density at radius 2 is 1.71 bits per heavy atom. The van der Waals surface area contributed by atoms with Crippen molar-refractivity contribution < 1.29 is 28.6 Å². The van der Waals surface area contributed by atoms with E-state index in [-0.39, 0.29) is 36.4 Å². The van der Waals surface area contributed by atoms with Crippen LogP contribution in [0.25, 0.3) is 11.3 Å². The predicted molar refractivity (Wildman–Crippen MR) is 182 cm³/mol. The molecule has 10 heteroatoms. The summed E-state index contributed by atoms with van der Waals surface area (Å²) in [4.78, 5) is 35.4. The average Bonchev–Trinajstić information content (AvgIpc) is 3.82. The number of aryl methyl sites for hydroxylation is 1. The summed E-state index contributed by atoms with van der Waals surface area (Å²) in [6, 6.07) is 10.2. The number of nitrogens with one attached hydrogen (secondary N) is 2. The van der Waals surface area contributed by atoms with Crippen LogP contribution in [0.15, 0.2) is 47.1 Å². The molecule has 3 fully saturated rings. The molecule has 0 spiro atoms. The third kappa shape index (κ3) is 8.56. The minimum absolute atomic E-state index is 0.0406. The van der Waals surface area contributed by atoms with Gasteiger partial charge in [0.25, 0.3) is 0 Å². The molecule has 1 aromatic carbocycles. The zero-order valence-corrected chi connectivity index (χ0v) is 28.7. The molecule has 6 rings (SSSR count). The van der Waals surface area contributed by atoms with Crippen molar-refractivity contribution >= 4 is 12.0 Å². The van der Waals surface area contributed by atoms with Crippen molar-refractivity contribution in [3.05, 3.63) is 65.4 Å². The lowest BCUT2D eigenvalue weighted by Gasteiger charge is -2.36. The van der Waals surface area contributed by atoms with Gasteiger partial charge in [-0.25, -0.2) is 9.78 Å². The quantitative estimate of drug-likeness (QED) is 0.198. The second-order valence-corrected chi connectivity index (χ2v) is 14.7. The standard InChI is InChI=1S/C38H50N4O6/c1-23-19-28(13-16-32(23)46-4)24-5-7-25(8-6-24)34(31-20-29(17-18-39-31)33-21-40-36(48-33)27-9-10-27)42-35(43)26-11-14-30(15-12-26)41-37(44)47-22-38(2,3)45/h13,16-21,24-27,30,34,45H,5-12,14-15,22H2,1-4H3,(H,41,44)(H,42,43). The maximum atomic E-state index is 13.9. The summed E-state index contributed by atoms with van der Waals surface area (Å²) in [5.74, 6) is 3.48. The van der Waals surface area contributed by atoms with Crippen LogP contribution in [0.4, 0.5) is 4.79 Å². The minimum atomic E-state index is -1.08. The molecule has 3 N–H and O–H groups in total. The molecule has 0 saturated heterocycles. The zero-order valence-electron chi connectivity index (χ0n) is 28.7. The maximum Gasteiger partial charge on any atom is 0.407 e. The van der Waals surface area contributed by atoms with Gasteiger partial charge < -0.3 is 29.6 Å². The number of amides is 2. The number of rotatable bonds is 11. The first-order valence-corrected chi connectivity index (χ1v) is 17.6. The van der Waals surface area contributed by atoms with E-state index in [9.17, 15) is 14.7 Å². The highest BCUT2D eigenvalue weighted by atomic mass is 16.6. The van der Waals surface area contributed by atoms with Crippen molar-refractivity contribution in [2.24, 2.45) is 11.8 Å². The molecule has 0 aliphatic heterocycles. The van der Waals surface area contributed by atoms with Gasteiger partial charge in [-0.3, -0.25) is 9.78 Å². The fourth-order valence-electron chi connectivity index (χ4n) is 7.31. The largest absolute Gasteiger partial charge is 0.496 e. The minimum Gasteiger partial charge on any atom is -0.496 e. The van der Waals surface area contributed by atoms with E-state index in [2.05, 4.69) is 46.8 Å². The lowest BCUT2D eigenvalue weighted by atomic mass is 9.74. The van der Waals surface area contributed by atoms with Crippen molar-refractivity contribution in [3.8, 4) is 17.1 Å². The molecular formula is C38H50N4O6. The number of aliphatic hydroxyl groups is 1. The number of hydrogen-bond acceptors (Lipinski definition) is 8. The van der Waals surface area contributed by atoms with Crippen LogP contribution in [0.1, 0.15) is 119 Å². The number of benzene rings is 1. The number of hydrogen-bond donors (Lipinski definition) is 3. The smallest absolute Gasteiger partial charge is 0.407 e. The van der Waals surface area contributed by atoms with Crippen LogP contribution in [0, 0.1) is 18.8 Å². The number of aromatic nitrogens is 2. The highest BCUT2D eigenvalue weighted by Gasteiger charge is 2.35. The van der Waals surface area contributed by atoms with E-state index in [0.29, 0.717) is 37.5 Å². The summed E-state index contributed by atoms with van der Waals surface area (Å²) in [5, 5.41) is 16.2. The van der Waals surface area contributed by atoms with Crippen molar-refractivity contribution in [2.75, 3.05) is 13.7 Å². The van der Waals surface area contributed by atoms with Gasteiger partial charge in [-0.05, 0) is 126 Å². The Morgan fingerprint density at radius 3 is 2.38 bits per heavy atom. The molecule has 3 saturated carbocycles. The molecule has 1 atom stereocenters. The summed E-state index contributed by atoms with van der Waals surface area (Å²) in [7, 11) is 1.71. The number of alkyl carbamates (subject to hydrolysis) is 1. The number of ether oxygens (including phenoxy) is 2. The molecule has 2 aromatic heterocycles. The molecule has 48 heavy (non-hydrogen) atoms. The molecule has 0 bridgehead atoms. The van der Waals surface area contributed by atoms with E-state index in [0.717, 1.165) is 72.7 Å². The molecule has 258 valence electrons. The fraction of sp³-hybridized carbons (Fsp3) is 0.579. The summed E-state index contributed by atoms with van der Waals surface area (Å²) in [5.41, 5.74) is 3.18. The van der Waals surface area contributed by atoms with Crippen LogP contribution >= 0.6 is 0 Å². The number of pyridine rings is 1. The third-order valence-electron chi connectivity index (χ3n) is 10.2. The first-order chi connectivity index (χ1) is 23.1. The van der Waals surface area contributed by atoms with Crippen molar-refractivity contribution in [3.63, 3.8) is 0 Å². The molecule has 0 radical (unpaired) electrons. The molecule has 2 amide bonds. The summed E-state index contributed by atoms with van der Waals surface area (Å²) in [6.45, 7) is 5.20. The van der Waals surface area contributed by atoms with E-state index in [4.69, 9.17) is 18.9 Å². The van der Waals surface area contributed by atoms with Gasteiger partial charge in [0.1, 0.15) is 12.4 Å². The summed E-state index contributed by atoms with van der Waals surface area (Å²) >= 11 is 0. The topological polar surface area (TPSA) is 136 Å². The number of methoxy groups -OCH3 is 1. The average molecular weight is 659 g/mol. The Bertz CT molecular complexity index is 1560. The second kappa shape index (κ2) is 14.7. The van der Waals surface area contributed by atoms with Gasteiger partial charge in [0.15, 0.2) is 11.7 Å². The third-order valence-corrected chi connectivity index (χ3v) is 10.2. The van der Waals surface area contributed by atoms with Crippen molar-refractivity contribution in [1.29, 1.82) is 0 Å². The van der Waals surface area contributed by atoms with Crippen LogP contribution in [0.5, 0.6) is 5.75 Å². The van der Waals surface area contributed by atoms with Crippen LogP contribution in [0.3, 0.4) is 0 Å². The molecule has 3 aromatic rings. The SMILES string of the molecule is COc1ccc(C2CCC(C(NC(=O)C3CCC(NC(=O)OCC(C)(C)O)CC3)c3cc(-c4cnc(C5CC5)o4)ccn3)CC2)cc1C. The summed E-state index contributed by atoms with van der Waals surface area (Å²) in [6.07, 6.45) is 12.1. The van der Waals surface area contributed by atoms with E-state index < -0.39 is 11.7 Å². The molecule has 2 heterocycles. The molecule has 1 unspecified atom stereocenters. The summed E-state index contributed by atoms with van der Waals surface area (Å²) < 4.78 is 16.8. The van der Waals surface area contributed by atoms with Crippen molar-refractivity contribution in [1.82, 2.24) is 20.6 Å². The van der Waals surface area contributed by atoms with Gasteiger partial charge in [0.2, 0.25) is 5.91 Å². The van der Waals surface area contributed by atoms with E-state index >= 15 is 0 Å². The Balaban J connectivity index is 1.13. The van der Waals surface area contributed by atoms with Gasteiger partial charge in [0, 0.05) is 29.6 Å². The van der Waals surface area contributed by atoms with Gasteiger partial charge in [-0.15, -0.1) is 0 Å². The Labute approximate surface area is 283 Å². The lowest BCUT2D eigenvalue weighted by Crippen LogP contribution is -2.43. The van der Waals surface area contributed by atoms with E-state index in [1.165, 1.54) is 5.56 Å². The Kier molecular flexibility index (Phi) is 10.4. The fourth-order valence-corrected chi connectivity index (χ4v) is 7.31. The van der Waals surface area contributed by atoms with E-state index in [1.807, 2.05) is 12.3 Å². The second-order valence-electron chi connectivity index (χ2n) is 14.7. The van der Waals surface area contributed by atoms with Crippen LogP contribution in [-0.2, 0) is 9.53 Å². The molecule has 3 aliphatic rings. The first-order valence-electron chi connectivity index (χ1n) is 17.6. The number of carbonyl (C=O) groups is 2. The Morgan fingerprint density at radius 1 is 0.979 bits per heavy atom. The van der Waals surface area contributed by atoms with Crippen molar-refractivity contribution in [2.45, 2.75) is 114 Å².